The van der Waals surface area contributed by atoms with E-state index in [-0.39, 0.29) is 30.2 Å². The van der Waals surface area contributed by atoms with E-state index in [9.17, 15) is 9.59 Å². The van der Waals surface area contributed by atoms with Crippen molar-refractivity contribution in [3.8, 4) is 5.75 Å². The van der Waals surface area contributed by atoms with Crippen molar-refractivity contribution in [3.63, 3.8) is 0 Å². The van der Waals surface area contributed by atoms with Crippen molar-refractivity contribution < 1.29 is 18.7 Å². The normalized spacial score (nSPS) is 17.2. The maximum absolute atomic E-state index is 13.0. The number of carbonyl (C=O) groups is 2. The first-order valence-electron chi connectivity index (χ1n) is 10.5. The van der Waals surface area contributed by atoms with E-state index in [1.54, 1.807) is 42.5 Å². The second kappa shape index (κ2) is 9.81. The third-order valence-corrected chi connectivity index (χ3v) is 6.66. The number of rotatable bonds is 7. The maximum atomic E-state index is 13.0. The number of benzene rings is 3. The lowest BCUT2D eigenvalue weighted by molar-refractivity contribution is -0.124. The Morgan fingerprint density at radius 2 is 1.80 bits per heavy atom. The summed E-state index contributed by atoms with van der Waals surface area (Å²) < 4.78 is 12.4. The quantitative estimate of drug-likeness (QED) is 0.154. The molecule has 0 aliphatic carbocycles. The van der Waals surface area contributed by atoms with Crippen LogP contribution in [-0.4, -0.2) is 27.3 Å². The highest BCUT2D eigenvalue weighted by Gasteiger charge is 2.50. The molecule has 4 aromatic rings. The predicted molar refractivity (Wildman–Crippen MR) is 134 cm³/mol. The van der Waals surface area contributed by atoms with Gasteiger partial charge in [0.25, 0.3) is 11.8 Å². The first-order valence-corrected chi connectivity index (χ1v) is 12.1. The van der Waals surface area contributed by atoms with Gasteiger partial charge in [-0.15, -0.1) is 16.7 Å². The molecule has 0 N–H and O–H groups in total. The second-order valence-electron chi connectivity index (χ2n) is 7.71. The summed E-state index contributed by atoms with van der Waals surface area (Å²) >= 11 is 15.8. The van der Waals surface area contributed by atoms with Crippen molar-refractivity contribution in [2.24, 2.45) is 0 Å². The minimum atomic E-state index is -0.733. The van der Waals surface area contributed by atoms with Gasteiger partial charge in [0.2, 0.25) is 0 Å². The second-order valence-corrected chi connectivity index (χ2v) is 9.53. The minimum Gasteiger partial charge on any atom is -0.483 e. The number of hydrogen-bond donors (Lipinski definition) is 0. The van der Waals surface area contributed by atoms with Crippen molar-refractivity contribution in [1.82, 2.24) is 10.2 Å². The van der Waals surface area contributed by atoms with Crippen LogP contribution in [0.1, 0.15) is 33.4 Å². The Bertz CT molecular complexity index is 1400. The smallest absolute Gasteiger partial charge is 0.325 e. The summed E-state index contributed by atoms with van der Waals surface area (Å²) in [7, 11) is 0. The molecular formula is C25H16BrCl2N3O4. The van der Waals surface area contributed by atoms with Gasteiger partial charge in [-0.3, -0.25) is 14.5 Å². The van der Waals surface area contributed by atoms with Crippen LogP contribution in [0.15, 0.2) is 81.7 Å². The summed E-state index contributed by atoms with van der Waals surface area (Å²) in [6.07, 6.45) is 0. The highest BCUT2D eigenvalue weighted by atomic mass is 79.9. The largest absolute Gasteiger partial charge is 0.483 e. The molecule has 0 spiro atoms. The van der Waals surface area contributed by atoms with Crippen LogP contribution in [0.25, 0.3) is 0 Å². The summed E-state index contributed by atoms with van der Waals surface area (Å²) in [5.74, 6) is -0.111. The Kier molecular flexibility index (Phi) is 6.60. The molecule has 1 aromatic heterocycles. The number of carbonyl (C=O) groups excluding carboxylic acids is 2. The lowest BCUT2D eigenvalue weighted by Crippen LogP contribution is -2.56. The lowest BCUT2D eigenvalue weighted by Gasteiger charge is -2.41. The van der Waals surface area contributed by atoms with E-state index in [1.807, 2.05) is 30.3 Å². The first kappa shape index (κ1) is 23.5. The van der Waals surface area contributed by atoms with Crippen molar-refractivity contribution in [1.29, 1.82) is 0 Å². The van der Waals surface area contributed by atoms with Crippen molar-refractivity contribution in [2.45, 2.75) is 18.0 Å². The number of halogens is 3. The van der Waals surface area contributed by atoms with E-state index in [1.165, 1.54) is 4.90 Å². The van der Waals surface area contributed by atoms with Crippen molar-refractivity contribution >= 4 is 56.8 Å². The van der Waals surface area contributed by atoms with Crippen LogP contribution < -0.4 is 9.64 Å². The van der Waals surface area contributed by atoms with Gasteiger partial charge in [-0.2, -0.15) is 0 Å². The molecule has 0 radical (unpaired) electrons. The molecule has 2 heterocycles. The minimum absolute atomic E-state index is 0.0233. The Morgan fingerprint density at radius 1 is 1.06 bits per heavy atom. The van der Waals surface area contributed by atoms with Crippen LogP contribution in [-0.2, 0) is 11.4 Å². The molecule has 0 bridgehead atoms. The zero-order valence-electron chi connectivity index (χ0n) is 17.9. The van der Waals surface area contributed by atoms with Gasteiger partial charge >= 0.3 is 6.01 Å². The number of aromatic nitrogens is 2. The van der Waals surface area contributed by atoms with E-state index >= 15 is 0 Å². The fourth-order valence-electron chi connectivity index (χ4n) is 3.74. The number of nitrogens with zero attached hydrogens (tertiary/aromatic N) is 3. The number of β-lactam (4-membered cyclic amide) rings is 1. The van der Waals surface area contributed by atoms with Crippen LogP contribution in [0.2, 0.25) is 5.02 Å². The van der Waals surface area contributed by atoms with E-state index < -0.39 is 11.4 Å². The maximum Gasteiger partial charge on any atom is 0.325 e. The molecule has 176 valence electrons. The molecule has 5 rings (SSSR count). The van der Waals surface area contributed by atoms with E-state index in [4.69, 9.17) is 32.4 Å². The summed E-state index contributed by atoms with van der Waals surface area (Å²) in [6, 6.07) is 20.7. The third-order valence-electron chi connectivity index (χ3n) is 5.48. The predicted octanol–water partition coefficient (Wildman–Crippen LogP) is 5.99. The molecule has 10 heteroatoms. The van der Waals surface area contributed by atoms with Gasteiger partial charge in [0.1, 0.15) is 11.1 Å². The van der Waals surface area contributed by atoms with Gasteiger partial charge in [0.05, 0.1) is 11.6 Å². The number of alkyl halides is 1. The van der Waals surface area contributed by atoms with Gasteiger partial charge in [-0.25, -0.2) is 0 Å². The third kappa shape index (κ3) is 4.69. The Balaban J connectivity index is 1.33. The van der Waals surface area contributed by atoms with Crippen LogP contribution in [0.4, 0.5) is 6.01 Å². The zero-order chi connectivity index (χ0) is 24.5. The molecule has 35 heavy (non-hydrogen) atoms. The fraction of sp³-hybridized carbons (Fsp3) is 0.120. The molecule has 1 amide bonds. The molecular weight excluding hydrogens is 557 g/mol. The highest BCUT2D eigenvalue weighted by molar-refractivity contribution is 9.10. The summed E-state index contributed by atoms with van der Waals surface area (Å²) in [6.45, 7) is -0.112. The Morgan fingerprint density at radius 3 is 2.54 bits per heavy atom. The molecule has 3 aromatic carbocycles. The molecule has 1 saturated heterocycles. The van der Waals surface area contributed by atoms with Gasteiger partial charge in [-0.1, -0.05) is 75.1 Å². The van der Waals surface area contributed by atoms with Crippen LogP contribution in [0.3, 0.4) is 0 Å². The van der Waals surface area contributed by atoms with E-state index in [0.717, 1.165) is 10.0 Å². The highest BCUT2D eigenvalue weighted by Crippen LogP contribution is 2.41. The molecule has 2 unspecified atom stereocenters. The van der Waals surface area contributed by atoms with Crippen LogP contribution in [0, 0.1) is 0 Å². The van der Waals surface area contributed by atoms with E-state index in [0.29, 0.717) is 21.9 Å². The van der Waals surface area contributed by atoms with Crippen LogP contribution >= 0.6 is 39.1 Å². The van der Waals surface area contributed by atoms with Crippen LogP contribution in [0.5, 0.6) is 5.75 Å². The molecule has 2 atom stereocenters. The topological polar surface area (TPSA) is 85.5 Å². The molecule has 0 saturated carbocycles. The monoisotopic (exact) mass is 571 g/mol. The average Bonchev–Trinajstić information content (AvgIpc) is 3.34. The van der Waals surface area contributed by atoms with E-state index in [2.05, 4.69) is 26.1 Å². The summed E-state index contributed by atoms with van der Waals surface area (Å²) in [5, 5.41) is 7.66. The lowest BCUT2D eigenvalue weighted by atomic mass is 9.94. The number of ketones is 1. The van der Waals surface area contributed by atoms with Gasteiger partial charge < -0.3 is 9.15 Å². The standard InChI is InChI=1S/C25H16BrCl2N3O4/c26-16-8-6-14(7-9-16)22-21(28)24(33)31(22)25-30-29-20(35-25)13-34-19-11-10-17(27)12-18(19)23(32)15-4-2-1-3-5-15/h1-12,21-22H,13H2. The average molecular weight is 573 g/mol. The Hall–Kier alpha value is -3.20. The number of anilines is 1. The molecule has 7 nitrogen and oxygen atoms in total. The number of ether oxygens (including phenoxy) is 1. The van der Waals surface area contributed by atoms with Gasteiger partial charge in [-0.05, 0) is 35.9 Å². The van der Waals surface area contributed by atoms with Gasteiger partial charge in [0.15, 0.2) is 12.4 Å². The molecule has 1 aliphatic heterocycles. The van der Waals surface area contributed by atoms with Crippen molar-refractivity contribution in [3.05, 3.63) is 105 Å². The number of hydrogen-bond acceptors (Lipinski definition) is 6. The summed E-state index contributed by atoms with van der Waals surface area (Å²) in [4.78, 5) is 26.8. The molecule has 1 fully saturated rings. The number of amides is 1. The SMILES string of the molecule is O=C(c1ccccc1)c1cc(Cl)ccc1OCc1nnc(N2C(=O)C(Cl)C2c2ccc(Br)cc2)o1. The first-order chi connectivity index (χ1) is 16.9. The Labute approximate surface area is 218 Å². The summed E-state index contributed by atoms with van der Waals surface area (Å²) in [5.41, 5.74) is 1.65. The van der Waals surface area contributed by atoms with Gasteiger partial charge in [0, 0.05) is 15.1 Å². The van der Waals surface area contributed by atoms with Crippen molar-refractivity contribution in [2.75, 3.05) is 4.90 Å². The molecule has 1 aliphatic rings. The fourth-order valence-corrected chi connectivity index (χ4v) is 4.54. The zero-order valence-corrected chi connectivity index (χ0v) is 21.0.